The Labute approximate surface area is 145 Å². The van der Waals surface area contributed by atoms with E-state index < -0.39 is 6.61 Å². The summed E-state index contributed by atoms with van der Waals surface area (Å²) in [5.41, 5.74) is 3.45. The van der Waals surface area contributed by atoms with E-state index in [2.05, 4.69) is 22.2 Å². The summed E-state index contributed by atoms with van der Waals surface area (Å²) in [4.78, 5) is 14.1. The Morgan fingerprint density at radius 3 is 2.56 bits per heavy atom. The van der Waals surface area contributed by atoms with Gasteiger partial charge in [-0.05, 0) is 41.7 Å². The van der Waals surface area contributed by atoms with Crippen LogP contribution in [0.1, 0.15) is 16.7 Å². The van der Waals surface area contributed by atoms with Gasteiger partial charge in [-0.15, -0.1) is 0 Å². The van der Waals surface area contributed by atoms with Crippen LogP contribution in [0.15, 0.2) is 48.5 Å². The summed E-state index contributed by atoms with van der Waals surface area (Å²) in [5.74, 6) is 0.134. The van der Waals surface area contributed by atoms with Gasteiger partial charge in [0, 0.05) is 19.6 Å². The minimum Gasteiger partial charge on any atom is -0.435 e. The second-order valence-electron chi connectivity index (χ2n) is 5.94. The number of hydrogen-bond acceptors (Lipinski definition) is 2. The molecular weight excluding hydrogens is 326 g/mol. The van der Waals surface area contributed by atoms with Crippen LogP contribution in [0.5, 0.6) is 5.75 Å². The van der Waals surface area contributed by atoms with E-state index in [1.165, 1.54) is 23.3 Å². The van der Waals surface area contributed by atoms with Gasteiger partial charge in [-0.1, -0.05) is 36.4 Å². The molecule has 0 spiro atoms. The number of urea groups is 1. The van der Waals surface area contributed by atoms with Gasteiger partial charge < -0.3 is 15.0 Å². The first-order valence-electron chi connectivity index (χ1n) is 8.25. The summed E-state index contributed by atoms with van der Waals surface area (Å²) in [5, 5.41) is 2.91. The number of fused-ring (bicyclic) bond motifs is 1. The van der Waals surface area contributed by atoms with Crippen molar-refractivity contribution >= 4 is 6.03 Å². The number of nitrogens with zero attached hydrogens (tertiary/aromatic N) is 1. The zero-order valence-corrected chi connectivity index (χ0v) is 13.8. The number of rotatable bonds is 5. The molecule has 2 amide bonds. The van der Waals surface area contributed by atoms with Crippen LogP contribution in [-0.2, 0) is 19.4 Å². The first-order valence-corrected chi connectivity index (χ1v) is 8.25. The first kappa shape index (κ1) is 17.2. The maximum absolute atomic E-state index is 12.3. The smallest absolute Gasteiger partial charge is 0.387 e. The number of amides is 2. The highest BCUT2D eigenvalue weighted by Gasteiger charge is 2.19. The second-order valence-corrected chi connectivity index (χ2v) is 5.94. The molecule has 0 aliphatic carbocycles. The summed E-state index contributed by atoms with van der Waals surface area (Å²) in [6, 6.07) is 14.5. The van der Waals surface area contributed by atoms with Crippen molar-refractivity contribution in [2.24, 2.45) is 0 Å². The lowest BCUT2D eigenvalue weighted by Crippen LogP contribution is -2.43. The first-order chi connectivity index (χ1) is 12.1. The van der Waals surface area contributed by atoms with Gasteiger partial charge in [0.15, 0.2) is 0 Å². The molecule has 0 atom stereocenters. The molecule has 0 bridgehead atoms. The van der Waals surface area contributed by atoms with Gasteiger partial charge in [0.2, 0.25) is 0 Å². The van der Waals surface area contributed by atoms with Crippen LogP contribution >= 0.6 is 0 Å². The summed E-state index contributed by atoms with van der Waals surface area (Å²) in [6.07, 6.45) is 1.50. The third kappa shape index (κ3) is 4.68. The summed E-state index contributed by atoms with van der Waals surface area (Å²) in [7, 11) is 0. The molecule has 0 radical (unpaired) electrons. The van der Waals surface area contributed by atoms with Crippen LogP contribution in [0.25, 0.3) is 0 Å². The van der Waals surface area contributed by atoms with Gasteiger partial charge in [-0.2, -0.15) is 8.78 Å². The molecule has 1 aliphatic heterocycles. The number of nitrogens with one attached hydrogen (secondary N) is 1. The van der Waals surface area contributed by atoms with Gasteiger partial charge in [-0.3, -0.25) is 0 Å². The molecule has 6 heteroatoms. The molecule has 132 valence electrons. The van der Waals surface area contributed by atoms with Crippen LogP contribution in [0, 0.1) is 0 Å². The van der Waals surface area contributed by atoms with Gasteiger partial charge in [0.25, 0.3) is 0 Å². The summed E-state index contributed by atoms with van der Waals surface area (Å²) < 4.78 is 28.5. The fraction of sp³-hybridized carbons (Fsp3) is 0.316. The third-order valence-electron chi connectivity index (χ3n) is 4.26. The number of ether oxygens (including phenoxy) is 1. The zero-order valence-electron chi connectivity index (χ0n) is 13.8. The van der Waals surface area contributed by atoms with Crippen LogP contribution in [-0.4, -0.2) is 30.6 Å². The molecule has 0 saturated heterocycles. The number of carbonyl (C=O) groups excluding carboxylic acids is 1. The fourth-order valence-corrected chi connectivity index (χ4v) is 2.93. The van der Waals surface area contributed by atoms with E-state index >= 15 is 0 Å². The Kier molecular flexibility index (Phi) is 5.48. The molecule has 2 aromatic carbocycles. The molecule has 2 aromatic rings. The van der Waals surface area contributed by atoms with Crippen LogP contribution in [0.2, 0.25) is 0 Å². The monoisotopic (exact) mass is 346 g/mol. The van der Waals surface area contributed by atoms with E-state index in [4.69, 9.17) is 0 Å². The van der Waals surface area contributed by atoms with E-state index in [1.54, 1.807) is 12.1 Å². The molecule has 4 nitrogen and oxygen atoms in total. The molecule has 0 saturated carbocycles. The molecule has 25 heavy (non-hydrogen) atoms. The highest BCUT2D eigenvalue weighted by Crippen LogP contribution is 2.18. The quantitative estimate of drug-likeness (QED) is 0.899. The van der Waals surface area contributed by atoms with Gasteiger partial charge in [0.1, 0.15) is 5.75 Å². The normalized spacial score (nSPS) is 13.5. The van der Waals surface area contributed by atoms with E-state index in [9.17, 15) is 13.6 Å². The van der Waals surface area contributed by atoms with Crippen LogP contribution in [0.3, 0.4) is 0 Å². The molecule has 0 aromatic heterocycles. The maximum atomic E-state index is 12.3. The van der Waals surface area contributed by atoms with Crippen LogP contribution < -0.4 is 10.1 Å². The second kappa shape index (κ2) is 7.96. The Morgan fingerprint density at radius 2 is 1.84 bits per heavy atom. The lowest BCUT2D eigenvalue weighted by molar-refractivity contribution is -0.0498. The Hall–Kier alpha value is -2.63. The maximum Gasteiger partial charge on any atom is 0.387 e. The van der Waals surface area contributed by atoms with Gasteiger partial charge in [0.05, 0.1) is 0 Å². The molecule has 0 fully saturated rings. The third-order valence-corrected chi connectivity index (χ3v) is 4.26. The molecule has 3 rings (SSSR count). The van der Waals surface area contributed by atoms with Crippen molar-refractivity contribution < 1.29 is 18.3 Å². The average Bonchev–Trinajstić information content (AvgIpc) is 2.62. The standard InChI is InChI=1S/C19H20F2N2O2/c20-18(21)25-17-7-5-14(6-8-17)9-11-22-19(24)23-12-10-15-3-1-2-4-16(15)13-23/h1-8,18H,9-13H2,(H,22,24). The zero-order chi connectivity index (χ0) is 17.6. The van der Waals surface area contributed by atoms with E-state index in [0.717, 1.165) is 12.0 Å². The van der Waals surface area contributed by atoms with E-state index in [1.807, 2.05) is 17.0 Å². The topological polar surface area (TPSA) is 41.6 Å². The van der Waals surface area contributed by atoms with E-state index in [0.29, 0.717) is 26.1 Å². The number of halogens is 2. The largest absolute Gasteiger partial charge is 0.435 e. The molecule has 1 aliphatic rings. The van der Waals surface area contributed by atoms with Crippen molar-refractivity contribution in [1.82, 2.24) is 10.2 Å². The lowest BCUT2D eigenvalue weighted by Gasteiger charge is -2.29. The van der Waals surface area contributed by atoms with Crippen molar-refractivity contribution in [3.8, 4) is 5.75 Å². The predicted molar refractivity (Wildman–Crippen MR) is 90.7 cm³/mol. The van der Waals surface area contributed by atoms with Crippen molar-refractivity contribution in [1.29, 1.82) is 0 Å². The summed E-state index contributed by atoms with van der Waals surface area (Å²) in [6.45, 7) is -0.990. The van der Waals surface area contributed by atoms with Crippen molar-refractivity contribution in [2.45, 2.75) is 26.0 Å². The van der Waals surface area contributed by atoms with Gasteiger partial charge in [-0.25, -0.2) is 4.79 Å². The van der Waals surface area contributed by atoms with Crippen molar-refractivity contribution in [2.75, 3.05) is 13.1 Å². The minimum absolute atomic E-state index is 0.0767. The average molecular weight is 346 g/mol. The number of hydrogen-bond donors (Lipinski definition) is 1. The Bertz CT molecular complexity index is 720. The molecule has 1 heterocycles. The van der Waals surface area contributed by atoms with Crippen LogP contribution in [0.4, 0.5) is 13.6 Å². The van der Waals surface area contributed by atoms with Crippen molar-refractivity contribution in [3.05, 3.63) is 65.2 Å². The SMILES string of the molecule is O=C(NCCc1ccc(OC(F)F)cc1)N1CCc2ccccc2C1. The number of benzene rings is 2. The molecule has 1 N–H and O–H groups in total. The summed E-state index contributed by atoms with van der Waals surface area (Å²) >= 11 is 0. The molecule has 0 unspecified atom stereocenters. The Balaban J connectivity index is 1.45. The predicted octanol–water partition coefficient (Wildman–Crippen LogP) is 3.60. The minimum atomic E-state index is -2.82. The Morgan fingerprint density at radius 1 is 1.12 bits per heavy atom. The van der Waals surface area contributed by atoms with E-state index in [-0.39, 0.29) is 11.8 Å². The fourth-order valence-electron chi connectivity index (χ4n) is 2.93. The number of alkyl halides is 2. The van der Waals surface area contributed by atoms with Gasteiger partial charge >= 0.3 is 12.6 Å². The molecular formula is C19H20F2N2O2. The number of carbonyl (C=O) groups is 1. The highest BCUT2D eigenvalue weighted by molar-refractivity contribution is 5.74. The highest BCUT2D eigenvalue weighted by atomic mass is 19.3. The van der Waals surface area contributed by atoms with Crippen molar-refractivity contribution in [3.63, 3.8) is 0 Å². The lowest BCUT2D eigenvalue weighted by atomic mass is 10.0.